The molecule has 6 heteroatoms. The van der Waals surface area contributed by atoms with Crippen molar-refractivity contribution in [3.8, 4) is 5.75 Å². The molecule has 0 atom stereocenters. The lowest BCUT2D eigenvalue weighted by Gasteiger charge is -2.10. The molecule has 0 fully saturated rings. The lowest BCUT2D eigenvalue weighted by molar-refractivity contribution is 0.408. The molecule has 0 saturated heterocycles. The van der Waals surface area contributed by atoms with Crippen molar-refractivity contribution in [3.63, 3.8) is 0 Å². The van der Waals surface area contributed by atoms with Gasteiger partial charge in [-0.1, -0.05) is 18.5 Å². The largest absolute Gasteiger partial charge is 0.496 e. The standard InChI is InChI=1S/C16H15ClN2O2S/c1-3-12-7-13-15(22-12)18-9-19(16(13)20)8-10-6-11(17)4-5-14(10)21-2/h4-7,9H,3,8H2,1-2H3. The zero-order valence-corrected chi connectivity index (χ0v) is 13.9. The van der Waals surface area contributed by atoms with Gasteiger partial charge in [0, 0.05) is 15.5 Å². The zero-order chi connectivity index (χ0) is 15.7. The van der Waals surface area contributed by atoms with E-state index in [0.29, 0.717) is 22.7 Å². The van der Waals surface area contributed by atoms with E-state index >= 15 is 0 Å². The van der Waals surface area contributed by atoms with Gasteiger partial charge in [-0.05, 0) is 30.7 Å². The van der Waals surface area contributed by atoms with Gasteiger partial charge in [0.15, 0.2) is 0 Å². The second-order valence-corrected chi connectivity index (χ2v) is 6.47. The number of rotatable bonds is 4. The highest BCUT2D eigenvalue weighted by Gasteiger charge is 2.11. The maximum Gasteiger partial charge on any atom is 0.262 e. The molecule has 22 heavy (non-hydrogen) atoms. The van der Waals surface area contributed by atoms with E-state index in [-0.39, 0.29) is 5.56 Å². The lowest BCUT2D eigenvalue weighted by atomic mass is 10.2. The minimum absolute atomic E-state index is 0.0389. The molecule has 3 aromatic rings. The van der Waals surface area contributed by atoms with Crippen LogP contribution in [0.2, 0.25) is 5.02 Å². The van der Waals surface area contributed by atoms with Crippen molar-refractivity contribution < 1.29 is 4.74 Å². The summed E-state index contributed by atoms with van der Waals surface area (Å²) in [6.07, 6.45) is 2.49. The van der Waals surface area contributed by atoms with Gasteiger partial charge < -0.3 is 4.74 Å². The molecule has 0 aliphatic heterocycles. The molecule has 114 valence electrons. The molecule has 2 heterocycles. The first-order valence-corrected chi connectivity index (χ1v) is 8.12. The number of aromatic nitrogens is 2. The quantitative estimate of drug-likeness (QED) is 0.730. The van der Waals surface area contributed by atoms with Crippen LogP contribution in [0.15, 0.2) is 35.4 Å². The van der Waals surface area contributed by atoms with E-state index in [1.165, 1.54) is 0 Å². The molecular weight excluding hydrogens is 320 g/mol. The van der Waals surface area contributed by atoms with Crippen molar-refractivity contribution in [1.29, 1.82) is 0 Å². The fourth-order valence-electron chi connectivity index (χ4n) is 2.35. The van der Waals surface area contributed by atoms with Crippen molar-refractivity contribution in [2.24, 2.45) is 0 Å². The Morgan fingerprint density at radius 3 is 2.91 bits per heavy atom. The second kappa shape index (κ2) is 6.10. The van der Waals surface area contributed by atoms with Crippen LogP contribution >= 0.6 is 22.9 Å². The fourth-order valence-corrected chi connectivity index (χ4v) is 3.47. The van der Waals surface area contributed by atoms with Crippen molar-refractivity contribution in [1.82, 2.24) is 9.55 Å². The summed E-state index contributed by atoms with van der Waals surface area (Å²) in [7, 11) is 1.60. The molecule has 0 spiro atoms. The zero-order valence-electron chi connectivity index (χ0n) is 12.3. The summed E-state index contributed by atoms with van der Waals surface area (Å²) >= 11 is 7.61. The molecule has 0 aliphatic rings. The van der Waals surface area contributed by atoms with Crippen molar-refractivity contribution in [2.75, 3.05) is 7.11 Å². The minimum atomic E-state index is -0.0389. The van der Waals surface area contributed by atoms with Gasteiger partial charge in [0.1, 0.15) is 10.6 Å². The van der Waals surface area contributed by atoms with Crippen LogP contribution in [0, 0.1) is 0 Å². The number of fused-ring (bicyclic) bond motifs is 1. The Hall–Kier alpha value is -1.85. The Balaban J connectivity index is 2.06. The van der Waals surface area contributed by atoms with Gasteiger partial charge in [0.05, 0.1) is 25.4 Å². The van der Waals surface area contributed by atoms with E-state index in [0.717, 1.165) is 21.7 Å². The highest BCUT2D eigenvalue weighted by Crippen LogP contribution is 2.24. The third kappa shape index (κ3) is 2.74. The number of thiophene rings is 1. The molecule has 2 aromatic heterocycles. The number of halogens is 1. The number of ether oxygens (including phenoxy) is 1. The summed E-state index contributed by atoms with van der Waals surface area (Å²) in [5.74, 6) is 0.705. The van der Waals surface area contributed by atoms with E-state index in [2.05, 4.69) is 11.9 Å². The van der Waals surface area contributed by atoms with Gasteiger partial charge in [-0.3, -0.25) is 9.36 Å². The Labute approximate surface area is 136 Å². The van der Waals surface area contributed by atoms with Gasteiger partial charge in [-0.25, -0.2) is 4.98 Å². The SMILES string of the molecule is CCc1cc2c(=O)n(Cc3cc(Cl)ccc3OC)cnc2s1. The maximum absolute atomic E-state index is 12.6. The Kier molecular flexibility index (Phi) is 4.18. The molecule has 0 N–H and O–H groups in total. The van der Waals surface area contributed by atoms with Crippen molar-refractivity contribution in [3.05, 3.63) is 56.4 Å². The summed E-state index contributed by atoms with van der Waals surface area (Å²) in [5.41, 5.74) is 0.812. The van der Waals surface area contributed by atoms with E-state index in [1.807, 2.05) is 12.1 Å². The highest BCUT2D eigenvalue weighted by atomic mass is 35.5. The number of benzene rings is 1. The smallest absolute Gasteiger partial charge is 0.262 e. The van der Waals surface area contributed by atoms with Gasteiger partial charge in [-0.15, -0.1) is 11.3 Å². The molecule has 0 bridgehead atoms. The molecule has 4 nitrogen and oxygen atoms in total. The lowest BCUT2D eigenvalue weighted by Crippen LogP contribution is -2.20. The average Bonchev–Trinajstić information content (AvgIpc) is 2.94. The van der Waals surface area contributed by atoms with Crippen LogP contribution in [-0.4, -0.2) is 16.7 Å². The Morgan fingerprint density at radius 1 is 1.36 bits per heavy atom. The second-order valence-electron chi connectivity index (χ2n) is 4.92. The summed E-state index contributed by atoms with van der Waals surface area (Å²) < 4.78 is 6.92. The summed E-state index contributed by atoms with van der Waals surface area (Å²) in [6, 6.07) is 7.30. The topological polar surface area (TPSA) is 44.1 Å². The summed E-state index contributed by atoms with van der Waals surface area (Å²) in [5, 5.41) is 1.28. The normalized spacial score (nSPS) is 11.0. The minimum Gasteiger partial charge on any atom is -0.496 e. The number of hydrogen-bond donors (Lipinski definition) is 0. The Morgan fingerprint density at radius 2 is 2.18 bits per heavy atom. The molecular formula is C16H15ClN2O2S. The van der Waals surface area contributed by atoms with Crippen LogP contribution in [0.4, 0.5) is 0 Å². The number of aryl methyl sites for hydroxylation is 1. The third-order valence-corrected chi connectivity index (χ3v) is 4.92. The maximum atomic E-state index is 12.6. The molecule has 0 amide bonds. The van der Waals surface area contributed by atoms with E-state index in [4.69, 9.17) is 16.3 Å². The first kappa shape index (κ1) is 15.1. The fraction of sp³-hybridized carbons (Fsp3) is 0.250. The van der Waals surface area contributed by atoms with E-state index in [1.54, 1.807) is 41.5 Å². The van der Waals surface area contributed by atoms with Crippen LogP contribution in [-0.2, 0) is 13.0 Å². The van der Waals surface area contributed by atoms with E-state index in [9.17, 15) is 4.79 Å². The van der Waals surface area contributed by atoms with E-state index < -0.39 is 0 Å². The summed E-state index contributed by atoms with van der Waals surface area (Å²) in [4.78, 5) is 18.9. The van der Waals surface area contributed by atoms with Crippen LogP contribution in [0.25, 0.3) is 10.2 Å². The summed E-state index contributed by atoms with van der Waals surface area (Å²) in [6.45, 7) is 2.45. The molecule has 0 saturated carbocycles. The van der Waals surface area contributed by atoms with Gasteiger partial charge in [0.2, 0.25) is 0 Å². The predicted molar refractivity (Wildman–Crippen MR) is 90.4 cm³/mol. The van der Waals surface area contributed by atoms with Crippen LogP contribution in [0.1, 0.15) is 17.4 Å². The number of hydrogen-bond acceptors (Lipinski definition) is 4. The number of methoxy groups -OCH3 is 1. The van der Waals surface area contributed by atoms with Gasteiger partial charge in [0.25, 0.3) is 5.56 Å². The first-order valence-electron chi connectivity index (χ1n) is 6.92. The first-order chi connectivity index (χ1) is 10.6. The van der Waals surface area contributed by atoms with Crippen LogP contribution in [0.3, 0.4) is 0 Å². The van der Waals surface area contributed by atoms with Crippen LogP contribution < -0.4 is 10.3 Å². The average molecular weight is 335 g/mol. The van der Waals surface area contributed by atoms with Crippen molar-refractivity contribution >= 4 is 33.2 Å². The monoisotopic (exact) mass is 334 g/mol. The number of nitrogens with zero attached hydrogens (tertiary/aromatic N) is 2. The van der Waals surface area contributed by atoms with Crippen LogP contribution in [0.5, 0.6) is 5.75 Å². The van der Waals surface area contributed by atoms with Gasteiger partial charge >= 0.3 is 0 Å². The predicted octanol–water partition coefficient (Wildman–Crippen LogP) is 3.73. The van der Waals surface area contributed by atoms with Crippen molar-refractivity contribution in [2.45, 2.75) is 19.9 Å². The van der Waals surface area contributed by atoms with Gasteiger partial charge in [-0.2, -0.15) is 0 Å². The molecule has 0 unspecified atom stereocenters. The molecule has 1 aromatic carbocycles. The molecule has 3 rings (SSSR count). The third-order valence-electron chi connectivity index (χ3n) is 3.50. The highest BCUT2D eigenvalue weighted by molar-refractivity contribution is 7.18. The molecule has 0 radical (unpaired) electrons. The Bertz CT molecular complexity index is 885. The molecule has 0 aliphatic carbocycles.